The predicted octanol–water partition coefficient (Wildman–Crippen LogP) is 8.78. The van der Waals surface area contributed by atoms with Crippen molar-refractivity contribution < 1.29 is 19.1 Å². The second-order valence-corrected chi connectivity index (χ2v) is 10.8. The predicted molar refractivity (Wildman–Crippen MR) is 150 cm³/mol. The highest BCUT2D eigenvalue weighted by molar-refractivity contribution is 5.94. The monoisotopic (exact) mass is 510 g/mol. The van der Waals surface area contributed by atoms with Crippen molar-refractivity contribution in [1.29, 1.82) is 0 Å². The van der Waals surface area contributed by atoms with Gasteiger partial charge in [0.25, 0.3) is 0 Å². The van der Waals surface area contributed by atoms with Crippen molar-refractivity contribution in [3.63, 3.8) is 0 Å². The number of rotatable bonds is 8. The molecule has 0 spiro atoms. The molecule has 3 aromatic carbocycles. The Labute approximate surface area is 226 Å². The molecule has 0 radical (unpaired) electrons. The second kappa shape index (κ2) is 12.4. The quantitative estimate of drug-likeness (QED) is 0.224. The number of hydrogen-bond donors (Lipinski definition) is 0. The molecular weight excluding hydrogens is 472 g/mol. The van der Waals surface area contributed by atoms with Crippen LogP contribution in [0.15, 0.2) is 66.7 Å². The van der Waals surface area contributed by atoms with E-state index in [2.05, 4.69) is 13.0 Å². The number of esters is 2. The summed E-state index contributed by atoms with van der Waals surface area (Å²) in [7, 11) is 0. The second-order valence-electron chi connectivity index (χ2n) is 10.8. The Morgan fingerprint density at radius 1 is 0.684 bits per heavy atom. The van der Waals surface area contributed by atoms with Crippen molar-refractivity contribution in [3.8, 4) is 11.5 Å². The molecule has 0 bridgehead atoms. The smallest absolute Gasteiger partial charge is 0.343 e. The van der Waals surface area contributed by atoms with Crippen molar-refractivity contribution in [2.45, 2.75) is 89.4 Å². The van der Waals surface area contributed by atoms with Gasteiger partial charge < -0.3 is 9.47 Å². The van der Waals surface area contributed by atoms with Gasteiger partial charge in [-0.2, -0.15) is 0 Å². The zero-order chi connectivity index (χ0) is 26.3. The summed E-state index contributed by atoms with van der Waals surface area (Å²) in [5.74, 6) is 0.808. The molecule has 0 heterocycles. The molecule has 0 N–H and O–H groups in total. The Balaban J connectivity index is 1.68. The molecule has 2 saturated carbocycles. The first-order valence-corrected chi connectivity index (χ1v) is 14.4. The van der Waals surface area contributed by atoms with Crippen molar-refractivity contribution in [1.82, 2.24) is 0 Å². The van der Waals surface area contributed by atoms with Gasteiger partial charge in [0.05, 0.1) is 11.1 Å². The summed E-state index contributed by atoms with van der Waals surface area (Å²) in [6.07, 6.45) is 12.1. The van der Waals surface area contributed by atoms with Crippen molar-refractivity contribution in [3.05, 3.63) is 94.5 Å². The molecule has 2 aliphatic rings. The average Bonchev–Trinajstić information content (AvgIpc) is 3.51. The van der Waals surface area contributed by atoms with E-state index in [1.165, 1.54) is 24.8 Å². The minimum atomic E-state index is -0.428. The molecule has 0 aromatic heterocycles. The third-order valence-corrected chi connectivity index (χ3v) is 8.12. The lowest BCUT2D eigenvalue weighted by Crippen LogP contribution is -2.19. The maximum atomic E-state index is 13.5. The molecule has 3 aromatic rings. The van der Waals surface area contributed by atoms with Crippen molar-refractivity contribution in [2.24, 2.45) is 0 Å². The normalized spacial score (nSPS) is 16.3. The van der Waals surface area contributed by atoms with Gasteiger partial charge in [-0.3, -0.25) is 0 Å². The fourth-order valence-electron chi connectivity index (χ4n) is 6.24. The van der Waals surface area contributed by atoms with Crippen LogP contribution in [0.5, 0.6) is 11.5 Å². The van der Waals surface area contributed by atoms with Crippen LogP contribution in [0, 0.1) is 0 Å². The number of carbonyl (C=O) groups excluding carboxylic acids is 2. The maximum absolute atomic E-state index is 13.5. The van der Waals surface area contributed by atoms with E-state index in [0.717, 1.165) is 62.5 Å². The van der Waals surface area contributed by atoms with Gasteiger partial charge in [0.2, 0.25) is 0 Å². The van der Waals surface area contributed by atoms with Gasteiger partial charge in [-0.1, -0.05) is 87.9 Å². The standard InChI is InChI=1S/C34H38O4/c1-2-14-28-23-29(24-15-12-13-16-24)30(25-17-6-3-7-18-25)32(38-34(36)27-21-10-5-11-22-27)31(28)37-33(35)26-19-8-4-9-20-26/h4-5,8-11,19-25H,2-3,6-7,12-18H2,1H3. The van der Waals surface area contributed by atoms with Crippen molar-refractivity contribution >= 4 is 11.9 Å². The lowest BCUT2D eigenvalue weighted by molar-refractivity contribution is 0.0678. The summed E-state index contributed by atoms with van der Waals surface area (Å²) in [5.41, 5.74) is 4.35. The Kier molecular flexibility index (Phi) is 8.58. The minimum Gasteiger partial charge on any atom is -0.419 e. The maximum Gasteiger partial charge on any atom is 0.343 e. The molecule has 0 atom stereocenters. The number of ether oxygens (including phenoxy) is 2. The minimum absolute atomic E-state index is 0.294. The average molecular weight is 511 g/mol. The Hall–Kier alpha value is -3.40. The van der Waals surface area contributed by atoms with E-state index in [0.29, 0.717) is 34.5 Å². The van der Waals surface area contributed by atoms with Crippen LogP contribution < -0.4 is 9.47 Å². The van der Waals surface area contributed by atoms with Gasteiger partial charge in [-0.05, 0) is 79.3 Å². The van der Waals surface area contributed by atoms with E-state index >= 15 is 0 Å². The molecule has 38 heavy (non-hydrogen) atoms. The zero-order valence-corrected chi connectivity index (χ0v) is 22.4. The van der Waals surface area contributed by atoms with Crippen LogP contribution in [0.1, 0.15) is 120 Å². The first-order chi connectivity index (χ1) is 18.7. The fraction of sp³-hybridized carbons (Fsp3) is 0.412. The topological polar surface area (TPSA) is 52.6 Å². The zero-order valence-electron chi connectivity index (χ0n) is 22.4. The van der Waals surface area contributed by atoms with Gasteiger partial charge in [0.1, 0.15) is 0 Å². The van der Waals surface area contributed by atoms with Gasteiger partial charge in [0, 0.05) is 5.56 Å². The summed E-state index contributed by atoms with van der Waals surface area (Å²) >= 11 is 0. The Bertz CT molecular complexity index is 1240. The van der Waals surface area contributed by atoms with Crippen LogP contribution in [0.25, 0.3) is 0 Å². The first-order valence-electron chi connectivity index (χ1n) is 14.4. The van der Waals surface area contributed by atoms with Crippen LogP contribution in [-0.2, 0) is 6.42 Å². The highest BCUT2D eigenvalue weighted by Gasteiger charge is 2.33. The van der Waals surface area contributed by atoms with E-state index in [1.807, 2.05) is 36.4 Å². The van der Waals surface area contributed by atoms with Gasteiger partial charge in [-0.25, -0.2) is 9.59 Å². The lowest BCUT2D eigenvalue weighted by atomic mass is 9.77. The summed E-state index contributed by atoms with van der Waals surface area (Å²) in [5, 5.41) is 0. The molecular formula is C34H38O4. The molecule has 0 aliphatic heterocycles. The lowest BCUT2D eigenvalue weighted by Gasteiger charge is -2.30. The Morgan fingerprint density at radius 3 is 1.74 bits per heavy atom. The Morgan fingerprint density at radius 2 is 1.18 bits per heavy atom. The molecule has 0 saturated heterocycles. The van der Waals surface area contributed by atoms with Crippen LogP contribution >= 0.6 is 0 Å². The first kappa shape index (κ1) is 26.2. The molecule has 5 rings (SSSR count). The number of carbonyl (C=O) groups is 2. The molecule has 198 valence electrons. The van der Waals surface area contributed by atoms with E-state index < -0.39 is 11.9 Å². The molecule has 4 nitrogen and oxygen atoms in total. The van der Waals surface area contributed by atoms with Gasteiger partial charge >= 0.3 is 11.9 Å². The summed E-state index contributed by atoms with van der Waals surface area (Å²) in [6.45, 7) is 2.13. The third kappa shape index (κ3) is 5.85. The SMILES string of the molecule is CCCc1cc(C2CCCC2)c(C2CCCCC2)c(OC(=O)c2ccccc2)c1OC(=O)c1ccccc1. The summed E-state index contributed by atoms with van der Waals surface area (Å²) < 4.78 is 12.5. The van der Waals surface area contributed by atoms with Crippen LogP contribution in [0.2, 0.25) is 0 Å². The third-order valence-electron chi connectivity index (χ3n) is 8.12. The largest absolute Gasteiger partial charge is 0.419 e. The summed E-state index contributed by atoms with van der Waals surface area (Å²) in [4.78, 5) is 26.8. The summed E-state index contributed by atoms with van der Waals surface area (Å²) in [6, 6.07) is 20.4. The molecule has 2 aliphatic carbocycles. The van der Waals surface area contributed by atoms with Crippen LogP contribution in [0.4, 0.5) is 0 Å². The van der Waals surface area contributed by atoms with Crippen LogP contribution in [0.3, 0.4) is 0 Å². The number of aryl methyl sites for hydroxylation is 1. The van der Waals surface area contributed by atoms with E-state index in [9.17, 15) is 9.59 Å². The molecule has 0 unspecified atom stereocenters. The van der Waals surface area contributed by atoms with Crippen molar-refractivity contribution in [2.75, 3.05) is 0 Å². The van der Waals surface area contributed by atoms with Gasteiger partial charge in [-0.15, -0.1) is 0 Å². The number of benzene rings is 3. The van der Waals surface area contributed by atoms with E-state index in [-0.39, 0.29) is 0 Å². The molecule has 2 fully saturated rings. The fourth-order valence-corrected chi connectivity index (χ4v) is 6.24. The highest BCUT2D eigenvalue weighted by atomic mass is 16.6. The molecule has 0 amide bonds. The van der Waals surface area contributed by atoms with Crippen LogP contribution in [-0.4, -0.2) is 11.9 Å². The number of hydrogen-bond acceptors (Lipinski definition) is 4. The van der Waals surface area contributed by atoms with E-state index in [4.69, 9.17) is 9.47 Å². The molecule has 4 heteroatoms. The van der Waals surface area contributed by atoms with Gasteiger partial charge in [0.15, 0.2) is 11.5 Å². The highest BCUT2D eigenvalue weighted by Crippen LogP contribution is 2.50. The van der Waals surface area contributed by atoms with E-state index in [1.54, 1.807) is 24.3 Å².